The Morgan fingerprint density at radius 1 is 1.14 bits per heavy atom. The molecule has 9 heteroatoms. The first kappa shape index (κ1) is 24.0. The first-order valence-electron chi connectivity index (χ1n) is 12.7. The van der Waals surface area contributed by atoms with E-state index in [0.717, 1.165) is 29.3 Å². The van der Waals surface area contributed by atoms with Crippen molar-refractivity contribution in [2.24, 2.45) is 0 Å². The van der Waals surface area contributed by atoms with Gasteiger partial charge in [-0.3, -0.25) is 24.7 Å². The van der Waals surface area contributed by atoms with Crippen molar-refractivity contribution in [2.45, 2.75) is 43.4 Å². The van der Waals surface area contributed by atoms with Crippen molar-refractivity contribution >= 4 is 22.7 Å². The third-order valence-corrected chi connectivity index (χ3v) is 7.94. The van der Waals surface area contributed by atoms with Gasteiger partial charge in [-0.15, -0.1) is 0 Å². The number of aromatic nitrogens is 1. The van der Waals surface area contributed by atoms with Gasteiger partial charge in [-0.1, -0.05) is 30.3 Å². The van der Waals surface area contributed by atoms with Gasteiger partial charge in [0.05, 0.1) is 17.7 Å². The highest BCUT2D eigenvalue weighted by atomic mass is 19.1. The molecular weight excluding hydrogens is 475 g/mol. The predicted molar refractivity (Wildman–Crippen MR) is 134 cm³/mol. The van der Waals surface area contributed by atoms with Crippen molar-refractivity contribution < 1.29 is 23.9 Å². The number of ether oxygens (including phenoxy) is 1. The molecular formula is C28H29FN4O4. The molecule has 1 saturated carbocycles. The molecule has 1 unspecified atom stereocenters. The number of rotatable bonds is 5. The van der Waals surface area contributed by atoms with Gasteiger partial charge in [0.2, 0.25) is 5.91 Å². The number of piperidine rings is 1. The fourth-order valence-electron chi connectivity index (χ4n) is 5.69. The molecule has 37 heavy (non-hydrogen) atoms. The smallest absolute Gasteiger partial charge is 0.265 e. The van der Waals surface area contributed by atoms with Crippen molar-refractivity contribution in [1.29, 1.82) is 0 Å². The molecule has 2 aromatic carbocycles. The number of morpholine rings is 1. The van der Waals surface area contributed by atoms with E-state index < -0.39 is 23.4 Å². The van der Waals surface area contributed by atoms with Gasteiger partial charge in [-0.2, -0.15) is 0 Å². The second-order valence-electron chi connectivity index (χ2n) is 10.3. The van der Waals surface area contributed by atoms with E-state index in [1.165, 1.54) is 6.07 Å². The lowest BCUT2D eigenvalue weighted by atomic mass is 9.87. The molecule has 1 spiro atoms. The summed E-state index contributed by atoms with van der Waals surface area (Å²) in [5, 5.41) is 10.5. The first-order chi connectivity index (χ1) is 18.0. The Labute approximate surface area is 214 Å². The third-order valence-electron chi connectivity index (χ3n) is 7.94. The van der Waals surface area contributed by atoms with Crippen LogP contribution in [0, 0.1) is 5.82 Å². The molecule has 0 radical (unpaired) electrons. The summed E-state index contributed by atoms with van der Waals surface area (Å²) in [4.78, 5) is 33.2. The highest BCUT2D eigenvalue weighted by Gasteiger charge is 2.47. The van der Waals surface area contributed by atoms with Crippen LogP contribution in [0.15, 0.2) is 54.7 Å². The number of hydrogen-bond donors (Lipinski definition) is 2. The minimum absolute atomic E-state index is 0.0393. The molecule has 0 bridgehead atoms. The van der Waals surface area contributed by atoms with Crippen LogP contribution in [-0.2, 0) is 14.3 Å². The summed E-state index contributed by atoms with van der Waals surface area (Å²) >= 11 is 0. The normalized spacial score (nSPS) is 20.8. The maximum absolute atomic E-state index is 15.5. The molecule has 1 aromatic heterocycles. The molecule has 192 valence electrons. The highest BCUT2D eigenvalue weighted by molar-refractivity contribution is 5.85. The van der Waals surface area contributed by atoms with Gasteiger partial charge in [0.15, 0.2) is 0 Å². The number of hydrogen-bond acceptors (Lipinski definition) is 6. The van der Waals surface area contributed by atoms with E-state index in [-0.39, 0.29) is 18.1 Å². The molecule has 2 saturated heterocycles. The van der Waals surface area contributed by atoms with Crippen LogP contribution in [0.5, 0.6) is 0 Å². The Kier molecular flexibility index (Phi) is 6.14. The van der Waals surface area contributed by atoms with Crippen LogP contribution in [-0.4, -0.2) is 69.7 Å². The van der Waals surface area contributed by atoms with Crippen LogP contribution in [0.3, 0.4) is 0 Å². The zero-order valence-corrected chi connectivity index (χ0v) is 20.4. The Hall–Kier alpha value is -3.40. The number of nitrogens with one attached hydrogen (secondary N) is 1. The van der Waals surface area contributed by atoms with E-state index in [1.807, 2.05) is 40.1 Å². The minimum atomic E-state index is -0.987. The lowest BCUT2D eigenvalue weighted by Gasteiger charge is -2.48. The summed E-state index contributed by atoms with van der Waals surface area (Å²) in [5.41, 5.74) is 3.79. The maximum atomic E-state index is 15.5. The van der Waals surface area contributed by atoms with Crippen LogP contribution in [0.4, 0.5) is 4.39 Å². The Morgan fingerprint density at radius 3 is 2.62 bits per heavy atom. The number of halogens is 1. The summed E-state index contributed by atoms with van der Waals surface area (Å²) in [5.74, 6) is -1.17. The maximum Gasteiger partial charge on any atom is 0.265 e. The third kappa shape index (κ3) is 4.58. The molecule has 8 nitrogen and oxygen atoms in total. The number of fused-ring (bicyclic) bond motifs is 1. The summed E-state index contributed by atoms with van der Waals surface area (Å²) in [6.45, 7) is 1.59. The zero-order valence-electron chi connectivity index (χ0n) is 20.4. The van der Waals surface area contributed by atoms with Crippen LogP contribution < -0.4 is 5.48 Å². The molecule has 2 N–H and O–H groups in total. The van der Waals surface area contributed by atoms with Crippen LogP contribution in [0.25, 0.3) is 22.0 Å². The molecule has 3 aromatic rings. The number of benzene rings is 2. The summed E-state index contributed by atoms with van der Waals surface area (Å²) in [6.07, 6.45) is 5.02. The lowest BCUT2D eigenvalue weighted by molar-refractivity contribution is -0.174. The quantitative estimate of drug-likeness (QED) is 0.408. The van der Waals surface area contributed by atoms with Crippen molar-refractivity contribution in [3.05, 3.63) is 66.1 Å². The average molecular weight is 505 g/mol. The molecule has 3 aliphatic rings. The van der Waals surface area contributed by atoms with E-state index in [2.05, 4.69) is 4.98 Å². The fourth-order valence-corrected chi connectivity index (χ4v) is 5.69. The van der Waals surface area contributed by atoms with E-state index in [9.17, 15) is 14.8 Å². The molecule has 3 heterocycles. The van der Waals surface area contributed by atoms with E-state index >= 15 is 4.39 Å². The van der Waals surface area contributed by atoms with Gasteiger partial charge in [0.25, 0.3) is 5.91 Å². The first-order valence-corrected chi connectivity index (χ1v) is 12.7. The highest BCUT2D eigenvalue weighted by Crippen LogP contribution is 2.38. The van der Waals surface area contributed by atoms with Crippen molar-refractivity contribution in [3.8, 4) is 11.1 Å². The van der Waals surface area contributed by atoms with Crippen LogP contribution in [0.1, 0.15) is 37.3 Å². The monoisotopic (exact) mass is 504 g/mol. The van der Waals surface area contributed by atoms with Crippen LogP contribution >= 0.6 is 0 Å². The van der Waals surface area contributed by atoms with Crippen LogP contribution in [0.2, 0.25) is 0 Å². The number of hydroxylamine groups is 1. The van der Waals surface area contributed by atoms with Gasteiger partial charge in [0.1, 0.15) is 18.5 Å². The molecule has 2 amide bonds. The van der Waals surface area contributed by atoms with Crippen molar-refractivity contribution in [1.82, 2.24) is 20.3 Å². The molecule has 6 rings (SSSR count). The largest absolute Gasteiger partial charge is 0.363 e. The second-order valence-corrected chi connectivity index (χ2v) is 10.3. The molecule has 3 fully saturated rings. The van der Waals surface area contributed by atoms with Gasteiger partial charge in [-0.05, 0) is 55.0 Å². The van der Waals surface area contributed by atoms with E-state index in [4.69, 9.17) is 4.74 Å². The van der Waals surface area contributed by atoms with Gasteiger partial charge in [-0.25, -0.2) is 9.87 Å². The Morgan fingerprint density at radius 2 is 1.89 bits per heavy atom. The molecule has 1 atom stereocenters. The zero-order chi connectivity index (χ0) is 25.6. The molecule has 1 aliphatic carbocycles. The number of likely N-dealkylation sites (tertiary alicyclic amines) is 1. The second kappa shape index (κ2) is 9.48. The lowest BCUT2D eigenvalue weighted by Crippen LogP contribution is -2.60. The Bertz CT molecular complexity index is 1350. The van der Waals surface area contributed by atoms with E-state index in [0.29, 0.717) is 44.1 Å². The van der Waals surface area contributed by atoms with Gasteiger partial charge >= 0.3 is 0 Å². The topological polar surface area (TPSA) is 95.0 Å². The number of amides is 2. The number of carbonyl (C=O) groups is 2. The number of nitrogens with zero attached hydrogens (tertiary/aromatic N) is 3. The average Bonchev–Trinajstić information content (AvgIpc) is 3.77. The SMILES string of the molecule is O=C(NO)C(c1ccc(-c2ccc3cccnc3c2)cc1F)N1CCC2(CC1)CN(C1CC1)C(=O)CO2. The number of carbonyl (C=O) groups excluding carboxylic acids is 2. The predicted octanol–water partition coefficient (Wildman–Crippen LogP) is 3.44. The summed E-state index contributed by atoms with van der Waals surface area (Å²) in [6, 6.07) is 13.8. The minimum Gasteiger partial charge on any atom is -0.363 e. The standard InChI is InChI=1S/C28H29FN4O4/c29-23-14-19(20-4-3-18-2-1-11-30-24(18)15-20)5-8-22(23)26(27(35)31-36)32-12-9-28(10-13-32)17-33(21-6-7-21)25(34)16-37-28/h1-5,8,11,14-15,21,26,36H,6-7,9-10,12-13,16-17H2,(H,31,35). The number of pyridine rings is 1. The van der Waals surface area contributed by atoms with E-state index in [1.54, 1.807) is 23.8 Å². The molecule has 2 aliphatic heterocycles. The summed E-state index contributed by atoms with van der Waals surface area (Å²) < 4.78 is 21.5. The van der Waals surface area contributed by atoms with Gasteiger partial charge < -0.3 is 9.64 Å². The van der Waals surface area contributed by atoms with Gasteiger partial charge in [0, 0.05) is 36.3 Å². The Balaban J connectivity index is 1.22. The van der Waals surface area contributed by atoms with Crippen molar-refractivity contribution in [2.75, 3.05) is 26.2 Å². The summed E-state index contributed by atoms with van der Waals surface area (Å²) in [7, 11) is 0. The van der Waals surface area contributed by atoms with Crippen molar-refractivity contribution in [3.63, 3.8) is 0 Å². The fraction of sp³-hybridized carbons (Fsp3) is 0.393.